The maximum atomic E-state index is 2.66. The average molecular weight is 1250 g/mol. The van der Waals surface area contributed by atoms with Gasteiger partial charge in [-0.1, -0.05) is 249 Å². The number of nitrogens with zero attached hydrogens (tertiary/aromatic N) is 5. The molecule has 3 heterocycles. The van der Waals surface area contributed by atoms with E-state index in [9.17, 15) is 0 Å². The molecule has 13 rings (SSSR count). The Labute approximate surface area is 569 Å². The number of aromatic nitrogens is 1. The zero-order valence-electron chi connectivity index (χ0n) is 60.9. The van der Waals surface area contributed by atoms with E-state index in [1.807, 2.05) is 0 Å². The van der Waals surface area contributed by atoms with Gasteiger partial charge in [-0.2, -0.15) is 0 Å². The third kappa shape index (κ3) is 11.8. The van der Waals surface area contributed by atoms with E-state index in [4.69, 9.17) is 0 Å². The lowest BCUT2D eigenvalue weighted by molar-refractivity contribution is 0.590. The second-order valence-electron chi connectivity index (χ2n) is 34.6. The zero-order valence-corrected chi connectivity index (χ0v) is 60.9. The van der Waals surface area contributed by atoms with Gasteiger partial charge >= 0.3 is 0 Å². The first-order chi connectivity index (χ1) is 44.4. The molecule has 2 aliphatic rings. The van der Waals surface area contributed by atoms with E-state index in [1.54, 1.807) is 0 Å². The van der Waals surface area contributed by atoms with Crippen molar-refractivity contribution in [2.75, 3.05) is 19.6 Å². The minimum Gasteiger partial charge on any atom is -0.342 e. The van der Waals surface area contributed by atoms with Crippen molar-refractivity contribution in [1.82, 2.24) is 4.57 Å². The van der Waals surface area contributed by atoms with Gasteiger partial charge in [0.05, 0.1) is 16.9 Å². The number of fused-ring (bicyclic) bond motifs is 7. The lowest BCUT2D eigenvalue weighted by Gasteiger charge is -2.46. The molecule has 0 radical (unpaired) electrons. The van der Waals surface area contributed by atoms with Crippen LogP contribution in [0.2, 0.25) is 0 Å². The SMILES string of the molecule is Cn1c2ccccc2c2cc(N3c4ccc(C(C)(C)C)cc4B4c5cc(C(C)(C)C)ccc5N(c5ccc(C(C)(C)C)cc5)c5cc(N(c6ccc(C(C)(C)C)cc6)c6ccc(C(C)(C)C)cc6)cc3c54)cc(N(c3ccc(C(C)(C)C)cc3)c3ccc(C(C)(C)C)cc3)c21. The number of benzene rings is 10. The summed E-state index contributed by atoms with van der Waals surface area (Å²) in [5, 5.41) is 2.41. The maximum Gasteiger partial charge on any atom is 0.252 e. The molecule has 0 N–H and O–H groups in total. The Hall–Kier alpha value is -8.74. The van der Waals surface area contributed by atoms with E-state index in [-0.39, 0.29) is 44.6 Å². The monoisotopic (exact) mass is 1250 g/mol. The average Bonchev–Trinajstić information content (AvgIpc) is 0.917. The van der Waals surface area contributed by atoms with Gasteiger partial charge in [-0.15, -0.1) is 0 Å². The highest BCUT2D eigenvalue weighted by Gasteiger charge is 2.46. The highest BCUT2D eigenvalue weighted by Crippen LogP contribution is 2.53. The molecule has 6 heteroatoms. The molecule has 0 unspecified atom stereocenters. The van der Waals surface area contributed by atoms with Gasteiger partial charge in [-0.25, -0.2) is 0 Å². The largest absolute Gasteiger partial charge is 0.342 e. The van der Waals surface area contributed by atoms with Crippen LogP contribution in [0.15, 0.2) is 206 Å². The van der Waals surface area contributed by atoms with E-state index in [0.717, 1.165) is 56.9 Å². The van der Waals surface area contributed by atoms with Crippen LogP contribution in [0.1, 0.15) is 184 Å². The van der Waals surface area contributed by atoms with Crippen LogP contribution >= 0.6 is 0 Å². The van der Waals surface area contributed by atoms with Gasteiger partial charge in [-0.3, -0.25) is 0 Å². The van der Waals surface area contributed by atoms with Gasteiger partial charge in [-0.05, 0) is 196 Å². The first-order valence-electron chi connectivity index (χ1n) is 34.7. The Kier molecular flexibility index (Phi) is 15.5. The third-order valence-electron chi connectivity index (χ3n) is 20.5. The predicted molar refractivity (Wildman–Crippen MR) is 415 cm³/mol. The molecule has 2 aliphatic heterocycles. The molecule has 0 spiro atoms. The summed E-state index contributed by atoms with van der Waals surface area (Å²) in [7, 11) is 2.26. The number of hydrogen-bond donors (Lipinski definition) is 0. The highest BCUT2D eigenvalue weighted by atomic mass is 15.2. The van der Waals surface area contributed by atoms with Crippen LogP contribution in [-0.2, 0) is 45.0 Å². The molecule has 0 saturated carbocycles. The van der Waals surface area contributed by atoms with Crippen LogP contribution in [0.3, 0.4) is 0 Å². The predicted octanol–water partition coefficient (Wildman–Crippen LogP) is 23.4. The lowest BCUT2D eigenvalue weighted by atomic mass is 9.33. The summed E-state index contributed by atoms with van der Waals surface area (Å²) in [6.45, 7) is 48.7. The molecule has 0 bridgehead atoms. The number of aryl methyl sites for hydroxylation is 1. The van der Waals surface area contributed by atoms with Crippen molar-refractivity contribution in [3.8, 4) is 0 Å². The van der Waals surface area contributed by atoms with Crippen molar-refractivity contribution in [3.05, 3.63) is 245 Å². The standard InChI is InChI=1S/C89H100BN5/c1-83(2,3)57-27-39-64(40-28-57)92(65-41-29-58(30-42-65)84(4,5)6)70-54-78-81-79(55-70)95(77-50-38-63(89(19,20)21)52-74(77)90(81)73-51-62(88(16,17)18)37-49-76(73)94(78)68-47-35-61(36-48-68)87(13,14)15)69-53-72-71-25-23-24-26-75(71)91(22)82(72)80(56-69)93(66-43-31-59(32-44-66)85(7,8)9)67-45-33-60(34-46-67)86(10,11)12/h23-56H,1-22H3. The van der Waals surface area contributed by atoms with Crippen molar-refractivity contribution in [2.24, 2.45) is 7.05 Å². The Morgan fingerprint density at radius 1 is 0.284 bits per heavy atom. The Bertz CT molecular complexity index is 4610. The van der Waals surface area contributed by atoms with Gasteiger partial charge in [0.1, 0.15) is 0 Å². The molecule has 11 aromatic rings. The number of hydrogen-bond acceptors (Lipinski definition) is 4. The van der Waals surface area contributed by atoms with Crippen molar-refractivity contribution in [1.29, 1.82) is 0 Å². The fraction of sp³-hybridized carbons (Fsp3) is 0.326. The van der Waals surface area contributed by atoms with E-state index in [1.165, 1.54) is 88.5 Å². The summed E-state index contributed by atoms with van der Waals surface area (Å²) in [5.41, 5.74) is 28.4. The van der Waals surface area contributed by atoms with E-state index in [0.29, 0.717) is 0 Å². The fourth-order valence-electron chi connectivity index (χ4n) is 14.6. The molecule has 5 nitrogen and oxygen atoms in total. The number of rotatable bonds is 8. The second-order valence-corrected chi connectivity index (χ2v) is 34.6. The lowest BCUT2D eigenvalue weighted by Crippen LogP contribution is -2.61. The van der Waals surface area contributed by atoms with Crippen LogP contribution in [0.25, 0.3) is 21.8 Å². The summed E-state index contributed by atoms with van der Waals surface area (Å²) in [5.74, 6) is 0. The Balaban J connectivity index is 1.20. The molecule has 0 atom stereocenters. The van der Waals surface area contributed by atoms with Crippen molar-refractivity contribution in [3.63, 3.8) is 0 Å². The molecule has 0 aliphatic carbocycles. The zero-order chi connectivity index (χ0) is 68.0. The summed E-state index contributed by atoms with van der Waals surface area (Å²) in [6.07, 6.45) is 0. The first-order valence-corrected chi connectivity index (χ1v) is 34.7. The van der Waals surface area contributed by atoms with Crippen molar-refractivity contribution in [2.45, 2.75) is 183 Å². The molecule has 1 aromatic heterocycles. The van der Waals surface area contributed by atoms with Gasteiger partial charge in [0.25, 0.3) is 6.71 Å². The van der Waals surface area contributed by atoms with E-state index < -0.39 is 0 Å². The van der Waals surface area contributed by atoms with E-state index >= 15 is 0 Å². The molecule has 484 valence electrons. The number of anilines is 12. The topological polar surface area (TPSA) is 17.9 Å². The van der Waals surface area contributed by atoms with Gasteiger partial charge < -0.3 is 24.2 Å². The fourth-order valence-corrected chi connectivity index (χ4v) is 14.6. The molecular formula is C89H100BN5. The van der Waals surface area contributed by atoms with Gasteiger partial charge in [0.2, 0.25) is 0 Å². The summed E-state index contributed by atoms with van der Waals surface area (Å²) >= 11 is 0. The Morgan fingerprint density at radius 3 is 1.00 bits per heavy atom. The van der Waals surface area contributed by atoms with Crippen LogP contribution in [0.4, 0.5) is 68.2 Å². The van der Waals surface area contributed by atoms with Crippen LogP contribution in [0, 0.1) is 0 Å². The summed E-state index contributed by atoms with van der Waals surface area (Å²) in [6, 6.07) is 80.9. The maximum absolute atomic E-state index is 2.66. The quantitative estimate of drug-likeness (QED) is 0.141. The van der Waals surface area contributed by atoms with Crippen molar-refractivity contribution < 1.29 is 0 Å². The van der Waals surface area contributed by atoms with E-state index in [2.05, 4.69) is 383 Å². The highest BCUT2D eigenvalue weighted by molar-refractivity contribution is 7.00. The Morgan fingerprint density at radius 2 is 0.621 bits per heavy atom. The molecule has 10 aromatic carbocycles. The first kappa shape index (κ1) is 64.9. The minimum atomic E-state index is -0.134. The van der Waals surface area contributed by atoms with Crippen LogP contribution < -0.4 is 36.0 Å². The number of para-hydroxylation sites is 1. The third-order valence-corrected chi connectivity index (χ3v) is 20.5. The molecule has 0 fully saturated rings. The minimum absolute atomic E-state index is 0.0254. The van der Waals surface area contributed by atoms with Crippen LogP contribution in [-0.4, -0.2) is 11.3 Å². The smallest absolute Gasteiger partial charge is 0.252 e. The van der Waals surface area contributed by atoms with Gasteiger partial charge in [0.15, 0.2) is 0 Å². The van der Waals surface area contributed by atoms with Crippen molar-refractivity contribution >= 4 is 113 Å². The normalized spacial score (nSPS) is 13.7. The molecular weight excluding hydrogens is 1150 g/mol. The molecule has 0 saturated heterocycles. The summed E-state index contributed by atoms with van der Waals surface area (Å²) in [4.78, 5) is 10.3. The molecule has 95 heavy (non-hydrogen) atoms. The molecule has 0 amide bonds. The van der Waals surface area contributed by atoms with Gasteiger partial charge in [0, 0.05) is 80.2 Å². The van der Waals surface area contributed by atoms with Crippen LogP contribution in [0.5, 0.6) is 0 Å². The summed E-state index contributed by atoms with van der Waals surface area (Å²) < 4.78 is 2.43. The second kappa shape index (κ2) is 22.7.